The van der Waals surface area contributed by atoms with Crippen molar-refractivity contribution in [2.45, 2.75) is 13.8 Å². The molecule has 1 aliphatic rings. The molecule has 1 atom stereocenters. The van der Waals surface area contributed by atoms with Gasteiger partial charge < -0.3 is 4.74 Å². The van der Waals surface area contributed by atoms with Gasteiger partial charge in [0.25, 0.3) is 0 Å². The van der Waals surface area contributed by atoms with Gasteiger partial charge in [-0.15, -0.1) is 0 Å². The molecule has 0 saturated heterocycles. The Morgan fingerprint density at radius 1 is 1.42 bits per heavy atom. The first-order chi connectivity index (χ1) is 5.75. The largest absolute Gasteiger partial charge is 0.484 e. The van der Waals surface area contributed by atoms with E-state index in [4.69, 9.17) is 4.74 Å². The van der Waals surface area contributed by atoms with Gasteiger partial charge in [0.1, 0.15) is 0 Å². The molecule has 0 aromatic heterocycles. The van der Waals surface area contributed by atoms with Crippen LogP contribution < -0.4 is 0 Å². The molecule has 66 valence electrons. The van der Waals surface area contributed by atoms with Crippen molar-refractivity contribution in [1.29, 1.82) is 0 Å². The lowest BCUT2D eigenvalue weighted by atomic mass is 9.95. The van der Waals surface area contributed by atoms with Crippen LogP contribution in [0.2, 0.25) is 0 Å². The number of hydrogen-bond acceptors (Lipinski definition) is 2. The van der Waals surface area contributed by atoms with E-state index in [9.17, 15) is 0 Å². The van der Waals surface area contributed by atoms with Gasteiger partial charge in [-0.05, 0) is 12.0 Å². The summed E-state index contributed by atoms with van der Waals surface area (Å²) in [4.78, 5) is 4.20. The van der Waals surface area contributed by atoms with Crippen LogP contribution in [-0.4, -0.2) is 13.0 Å². The van der Waals surface area contributed by atoms with Gasteiger partial charge in [0, 0.05) is 6.20 Å². The van der Waals surface area contributed by atoms with Gasteiger partial charge in [-0.25, -0.2) is 4.99 Å². The third kappa shape index (κ3) is 1.97. The molecule has 0 aromatic rings. The second-order valence-corrected chi connectivity index (χ2v) is 3.17. The van der Waals surface area contributed by atoms with E-state index in [0.29, 0.717) is 11.8 Å². The van der Waals surface area contributed by atoms with Crippen LogP contribution in [0.5, 0.6) is 0 Å². The monoisotopic (exact) mass is 165 g/mol. The Bertz CT molecular complexity index is 226. The number of aliphatic imine (C=N–C) groups is 1. The molecule has 12 heavy (non-hydrogen) atoms. The molecule has 0 fully saturated rings. The maximum atomic E-state index is 5.19. The average Bonchev–Trinajstić information content (AvgIpc) is 2.27. The summed E-state index contributed by atoms with van der Waals surface area (Å²) in [5.74, 6) is 1.64. The lowest BCUT2D eigenvalue weighted by Gasteiger charge is -2.16. The predicted molar refractivity (Wildman–Crippen MR) is 51.1 cm³/mol. The maximum Gasteiger partial charge on any atom is 0.194 e. The zero-order chi connectivity index (χ0) is 8.97. The van der Waals surface area contributed by atoms with Gasteiger partial charge in [-0.2, -0.15) is 0 Å². The fourth-order valence-corrected chi connectivity index (χ4v) is 1.21. The van der Waals surface area contributed by atoms with Gasteiger partial charge in [-0.3, -0.25) is 0 Å². The van der Waals surface area contributed by atoms with Crippen LogP contribution in [0.3, 0.4) is 0 Å². The molecule has 0 saturated carbocycles. The zero-order valence-corrected chi connectivity index (χ0v) is 7.82. The van der Waals surface area contributed by atoms with Crippen LogP contribution in [-0.2, 0) is 4.74 Å². The third-order valence-electron chi connectivity index (χ3n) is 1.93. The van der Waals surface area contributed by atoms with Crippen molar-refractivity contribution in [2.75, 3.05) is 7.11 Å². The molecule has 2 nitrogen and oxygen atoms in total. The van der Waals surface area contributed by atoms with Crippen molar-refractivity contribution in [3.63, 3.8) is 0 Å². The molecular formula is C10H15NO. The summed E-state index contributed by atoms with van der Waals surface area (Å²) < 4.78 is 5.19. The standard InChI is InChI=1S/C10H15NO/c1-8(2)9-6-4-5-7-11-10(9)12-3/h4-9H,1-3H3. The second kappa shape index (κ2) is 4.10. The van der Waals surface area contributed by atoms with Gasteiger partial charge in [-0.1, -0.05) is 26.0 Å². The van der Waals surface area contributed by atoms with Crippen LogP contribution in [0.15, 0.2) is 29.4 Å². The Hall–Kier alpha value is -1.05. The first-order valence-corrected chi connectivity index (χ1v) is 4.20. The predicted octanol–water partition coefficient (Wildman–Crippen LogP) is 2.39. The first-order valence-electron chi connectivity index (χ1n) is 4.20. The molecule has 0 N–H and O–H groups in total. The molecule has 2 heteroatoms. The Labute approximate surface area is 73.6 Å². The number of rotatable bonds is 1. The number of nitrogens with zero attached hydrogens (tertiary/aromatic N) is 1. The van der Waals surface area contributed by atoms with Crippen molar-refractivity contribution in [1.82, 2.24) is 0 Å². The van der Waals surface area contributed by atoms with Crippen LogP contribution in [0.1, 0.15) is 13.8 Å². The molecule has 0 aliphatic carbocycles. The minimum atomic E-state index is 0.310. The van der Waals surface area contributed by atoms with Crippen LogP contribution in [0.25, 0.3) is 0 Å². The molecule has 1 rings (SSSR count). The molecule has 1 aliphatic heterocycles. The number of hydrogen-bond donors (Lipinski definition) is 0. The third-order valence-corrected chi connectivity index (χ3v) is 1.93. The molecule has 0 aromatic carbocycles. The van der Waals surface area contributed by atoms with E-state index in [2.05, 4.69) is 24.9 Å². The first kappa shape index (κ1) is 9.04. The molecular weight excluding hydrogens is 150 g/mol. The quantitative estimate of drug-likeness (QED) is 0.584. The van der Waals surface area contributed by atoms with E-state index in [0.717, 1.165) is 5.90 Å². The van der Waals surface area contributed by atoms with Crippen LogP contribution in [0, 0.1) is 11.8 Å². The fraction of sp³-hybridized carbons (Fsp3) is 0.500. The van der Waals surface area contributed by atoms with Gasteiger partial charge in [0.15, 0.2) is 5.90 Å². The van der Waals surface area contributed by atoms with E-state index in [1.165, 1.54) is 0 Å². The fourth-order valence-electron chi connectivity index (χ4n) is 1.21. The van der Waals surface area contributed by atoms with Crippen molar-refractivity contribution in [3.05, 3.63) is 24.4 Å². The highest BCUT2D eigenvalue weighted by molar-refractivity contribution is 5.81. The summed E-state index contributed by atoms with van der Waals surface area (Å²) in [6, 6.07) is 0. The summed E-state index contributed by atoms with van der Waals surface area (Å²) in [5, 5.41) is 0. The molecule has 1 unspecified atom stereocenters. The topological polar surface area (TPSA) is 21.6 Å². The Morgan fingerprint density at radius 2 is 2.17 bits per heavy atom. The molecule has 0 radical (unpaired) electrons. The Morgan fingerprint density at radius 3 is 2.75 bits per heavy atom. The molecule has 0 spiro atoms. The number of methoxy groups -OCH3 is 1. The van der Waals surface area contributed by atoms with Gasteiger partial charge >= 0.3 is 0 Å². The summed E-state index contributed by atoms with van der Waals surface area (Å²) in [5.41, 5.74) is 0. The number of ether oxygens (including phenoxy) is 1. The van der Waals surface area contributed by atoms with E-state index >= 15 is 0 Å². The Kier molecular flexibility index (Phi) is 3.09. The number of allylic oxidation sites excluding steroid dienone is 2. The highest BCUT2D eigenvalue weighted by Crippen LogP contribution is 2.17. The van der Waals surface area contributed by atoms with E-state index in [1.807, 2.05) is 12.2 Å². The summed E-state index contributed by atoms with van der Waals surface area (Å²) in [7, 11) is 1.67. The van der Waals surface area contributed by atoms with E-state index in [1.54, 1.807) is 13.3 Å². The van der Waals surface area contributed by atoms with Crippen LogP contribution >= 0.6 is 0 Å². The molecule has 0 bridgehead atoms. The van der Waals surface area contributed by atoms with Crippen molar-refractivity contribution in [2.24, 2.45) is 16.8 Å². The highest BCUT2D eigenvalue weighted by Gasteiger charge is 2.17. The minimum Gasteiger partial charge on any atom is -0.484 e. The minimum absolute atomic E-state index is 0.310. The maximum absolute atomic E-state index is 5.19. The molecule has 0 amide bonds. The van der Waals surface area contributed by atoms with Crippen molar-refractivity contribution >= 4 is 5.90 Å². The molecule has 1 heterocycles. The second-order valence-electron chi connectivity index (χ2n) is 3.17. The van der Waals surface area contributed by atoms with E-state index < -0.39 is 0 Å². The lowest BCUT2D eigenvalue weighted by Crippen LogP contribution is -2.19. The highest BCUT2D eigenvalue weighted by atomic mass is 16.5. The van der Waals surface area contributed by atoms with Crippen molar-refractivity contribution < 1.29 is 4.74 Å². The van der Waals surface area contributed by atoms with Gasteiger partial charge in [0.2, 0.25) is 0 Å². The van der Waals surface area contributed by atoms with E-state index in [-0.39, 0.29) is 0 Å². The lowest BCUT2D eigenvalue weighted by molar-refractivity contribution is 0.357. The van der Waals surface area contributed by atoms with Crippen molar-refractivity contribution in [3.8, 4) is 0 Å². The summed E-state index contributed by atoms with van der Waals surface area (Å²) in [6.07, 6.45) is 7.82. The van der Waals surface area contributed by atoms with Crippen LogP contribution in [0.4, 0.5) is 0 Å². The normalized spacial score (nSPS) is 22.3. The summed E-state index contributed by atoms with van der Waals surface area (Å²) in [6.45, 7) is 4.32. The van der Waals surface area contributed by atoms with Gasteiger partial charge in [0.05, 0.1) is 13.0 Å². The smallest absolute Gasteiger partial charge is 0.194 e. The zero-order valence-electron chi connectivity index (χ0n) is 7.82. The summed E-state index contributed by atoms with van der Waals surface area (Å²) >= 11 is 0. The Balaban J connectivity index is 2.83. The average molecular weight is 165 g/mol. The SMILES string of the molecule is COC1=NC=CC=CC1C(C)C.